The Morgan fingerprint density at radius 2 is 1.29 bits per heavy atom. The lowest BCUT2D eigenvalue weighted by molar-refractivity contribution is -0.137. The topological polar surface area (TPSA) is 99.2 Å². The summed E-state index contributed by atoms with van der Waals surface area (Å²) < 4.78 is 5.44. The van der Waals surface area contributed by atoms with E-state index in [0.29, 0.717) is 26.1 Å². The molecule has 1 aliphatic heterocycles. The molecule has 0 aliphatic carbocycles. The number of ether oxygens (including phenoxy) is 1. The second kappa shape index (κ2) is 13.4. The van der Waals surface area contributed by atoms with E-state index in [1.54, 1.807) is 9.80 Å². The van der Waals surface area contributed by atoms with Crippen LogP contribution in [-0.2, 0) is 20.9 Å². The zero-order chi connectivity index (χ0) is 26.7. The Bertz CT molecular complexity index is 1150. The molecule has 8 heteroatoms. The first-order valence-electron chi connectivity index (χ1n) is 12.8. The molecule has 3 aromatic rings. The van der Waals surface area contributed by atoms with Crippen molar-refractivity contribution in [2.75, 3.05) is 32.8 Å². The number of aliphatic hydroxyl groups excluding tert-OH is 1. The van der Waals surface area contributed by atoms with Crippen LogP contribution in [0.5, 0.6) is 0 Å². The van der Waals surface area contributed by atoms with Crippen LogP contribution in [0.4, 0.5) is 4.79 Å². The van der Waals surface area contributed by atoms with Crippen LogP contribution >= 0.6 is 0 Å². The molecule has 0 bridgehead atoms. The van der Waals surface area contributed by atoms with Gasteiger partial charge in [-0.3, -0.25) is 9.59 Å². The summed E-state index contributed by atoms with van der Waals surface area (Å²) >= 11 is 0. The van der Waals surface area contributed by atoms with Crippen LogP contribution < -0.4 is 5.32 Å². The normalized spacial score (nSPS) is 14.5. The predicted molar refractivity (Wildman–Crippen MR) is 143 cm³/mol. The molecule has 0 saturated carbocycles. The van der Waals surface area contributed by atoms with Crippen molar-refractivity contribution in [3.63, 3.8) is 0 Å². The van der Waals surface area contributed by atoms with Crippen LogP contribution in [0.2, 0.25) is 0 Å². The molecule has 2 N–H and O–H groups in total. The molecule has 3 amide bonds. The van der Waals surface area contributed by atoms with Crippen LogP contribution in [0.15, 0.2) is 91.0 Å². The number of aliphatic hydroxyl groups is 1. The Labute approximate surface area is 222 Å². The van der Waals surface area contributed by atoms with Crippen LogP contribution in [0.1, 0.15) is 29.0 Å². The zero-order valence-electron chi connectivity index (χ0n) is 21.2. The fourth-order valence-electron chi connectivity index (χ4n) is 4.58. The highest BCUT2D eigenvalue weighted by Crippen LogP contribution is 2.25. The minimum absolute atomic E-state index is 0.182. The van der Waals surface area contributed by atoms with Crippen molar-refractivity contribution in [2.24, 2.45) is 0 Å². The molecular formula is C30H33N3O5. The van der Waals surface area contributed by atoms with Crippen molar-refractivity contribution in [1.82, 2.24) is 15.1 Å². The van der Waals surface area contributed by atoms with Crippen molar-refractivity contribution >= 4 is 17.9 Å². The summed E-state index contributed by atoms with van der Waals surface area (Å²) in [5, 5.41) is 12.8. The number of nitrogens with zero attached hydrogens (tertiary/aromatic N) is 2. The van der Waals surface area contributed by atoms with E-state index in [0.717, 1.165) is 16.7 Å². The summed E-state index contributed by atoms with van der Waals surface area (Å²) in [6, 6.07) is 27.0. The van der Waals surface area contributed by atoms with Gasteiger partial charge in [-0.15, -0.1) is 0 Å². The monoisotopic (exact) mass is 515 g/mol. The SMILES string of the molecule is O=C(NC(CO)C(=O)N1CCCN(C(=O)OCc2ccccc2)CC1)C(c1ccccc1)c1ccccc1. The molecule has 8 nitrogen and oxygen atoms in total. The molecule has 3 aromatic carbocycles. The van der Waals surface area contributed by atoms with E-state index in [1.165, 1.54) is 0 Å². The van der Waals surface area contributed by atoms with Gasteiger partial charge in [0, 0.05) is 26.2 Å². The van der Waals surface area contributed by atoms with Gasteiger partial charge in [-0.2, -0.15) is 0 Å². The molecule has 0 aromatic heterocycles. The van der Waals surface area contributed by atoms with Crippen LogP contribution in [0, 0.1) is 0 Å². The second-order valence-electron chi connectivity index (χ2n) is 9.20. The fraction of sp³-hybridized carbons (Fsp3) is 0.300. The molecule has 4 rings (SSSR count). The average molecular weight is 516 g/mol. The standard InChI is InChI=1S/C30H33N3O5/c34-21-26(31-28(35)27(24-13-6-2-7-14-24)25-15-8-3-9-16-25)29(36)32-17-10-18-33(20-19-32)30(37)38-22-23-11-4-1-5-12-23/h1-9,11-16,26-27,34H,10,17-22H2,(H,31,35). The Balaban J connectivity index is 1.37. The van der Waals surface area contributed by atoms with E-state index < -0.39 is 24.7 Å². The zero-order valence-corrected chi connectivity index (χ0v) is 21.2. The predicted octanol–water partition coefficient (Wildman–Crippen LogP) is 3.17. The van der Waals surface area contributed by atoms with E-state index in [4.69, 9.17) is 4.74 Å². The number of hydrogen-bond donors (Lipinski definition) is 2. The molecule has 198 valence electrons. The van der Waals surface area contributed by atoms with Gasteiger partial charge in [0.15, 0.2) is 0 Å². The Kier molecular flexibility index (Phi) is 9.48. The maximum absolute atomic E-state index is 13.4. The first-order valence-corrected chi connectivity index (χ1v) is 12.8. The summed E-state index contributed by atoms with van der Waals surface area (Å²) in [6.07, 6.45) is 0.137. The van der Waals surface area contributed by atoms with Crippen molar-refractivity contribution in [3.8, 4) is 0 Å². The van der Waals surface area contributed by atoms with Crippen molar-refractivity contribution in [3.05, 3.63) is 108 Å². The fourth-order valence-corrected chi connectivity index (χ4v) is 4.58. The average Bonchev–Trinajstić information content (AvgIpc) is 3.23. The summed E-state index contributed by atoms with van der Waals surface area (Å²) in [7, 11) is 0. The van der Waals surface area contributed by atoms with Gasteiger partial charge in [-0.05, 0) is 23.1 Å². The molecule has 1 saturated heterocycles. The molecule has 1 atom stereocenters. The van der Waals surface area contributed by atoms with Gasteiger partial charge in [0.1, 0.15) is 12.6 Å². The van der Waals surface area contributed by atoms with E-state index in [-0.39, 0.29) is 25.0 Å². The maximum Gasteiger partial charge on any atom is 0.410 e. The van der Waals surface area contributed by atoms with Gasteiger partial charge in [0.2, 0.25) is 11.8 Å². The third-order valence-electron chi connectivity index (χ3n) is 6.60. The Morgan fingerprint density at radius 3 is 1.87 bits per heavy atom. The van der Waals surface area contributed by atoms with Gasteiger partial charge in [0.05, 0.1) is 12.5 Å². The van der Waals surface area contributed by atoms with Gasteiger partial charge < -0.3 is 25.0 Å². The number of carbonyl (C=O) groups is 3. The van der Waals surface area contributed by atoms with Gasteiger partial charge in [0.25, 0.3) is 0 Å². The molecule has 38 heavy (non-hydrogen) atoms. The third kappa shape index (κ3) is 6.98. The van der Waals surface area contributed by atoms with E-state index in [1.807, 2.05) is 91.0 Å². The Morgan fingerprint density at radius 1 is 0.763 bits per heavy atom. The van der Waals surface area contributed by atoms with Crippen molar-refractivity contribution < 1.29 is 24.2 Å². The highest BCUT2D eigenvalue weighted by molar-refractivity contribution is 5.92. The number of carbonyl (C=O) groups excluding carboxylic acids is 3. The first-order chi connectivity index (χ1) is 18.6. The highest BCUT2D eigenvalue weighted by atomic mass is 16.6. The number of rotatable bonds is 8. The molecule has 0 radical (unpaired) electrons. The molecule has 0 spiro atoms. The lowest BCUT2D eigenvalue weighted by Crippen LogP contribution is -2.52. The maximum atomic E-state index is 13.4. The lowest BCUT2D eigenvalue weighted by Gasteiger charge is -2.27. The van der Waals surface area contributed by atoms with Gasteiger partial charge in [-0.25, -0.2) is 4.79 Å². The molecular weight excluding hydrogens is 482 g/mol. The Hall–Kier alpha value is -4.17. The summed E-state index contributed by atoms with van der Waals surface area (Å²) in [5.74, 6) is -1.37. The minimum Gasteiger partial charge on any atom is -0.445 e. The van der Waals surface area contributed by atoms with Crippen molar-refractivity contribution in [1.29, 1.82) is 0 Å². The first kappa shape index (κ1) is 26.9. The number of amides is 3. The minimum atomic E-state index is -1.09. The van der Waals surface area contributed by atoms with Crippen LogP contribution in [0.3, 0.4) is 0 Å². The van der Waals surface area contributed by atoms with Crippen molar-refractivity contribution in [2.45, 2.75) is 25.0 Å². The molecule has 1 fully saturated rings. The summed E-state index contributed by atoms with van der Waals surface area (Å²) in [5.41, 5.74) is 2.48. The largest absolute Gasteiger partial charge is 0.445 e. The highest BCUT2D eigenvalue weighted by Gasteiger charge is 2.31. The van der Waals surface area contributed by atoms with Crippen LogP contribution in [-0.4, -0.2) is 71.6 Å². The van der Waals surface area contributed by atoms with E-state index in [9.17, 15) is 19.5 Å². The van der Waals surface area contributed by atoms with Gasteiger partial charge in [-0.1, -0.05) is 91.0 Å². The smallest absolute Gasteiger partial charge is 0.410 e. The van der Waals surface area contributed by atoms with Crippen LogP contribution in [0.25, 0.3) is 0 Å². The summed E-state index contributed by atoms with van der Waals surface area (Å²) in [6.45, 7) is 1.11. The van der Waals surface area contributed by atoms with E-state index >= 15 is 0 Å². The number of hydrogen-bond acceptors (Lipinski definition) is 5. The summed E-state index contributed by atoms with van der Waals surface area (Å²) in [4.78, 5) is 42.5. The van der Waals surface area contributed by atoms with E-state index in [2.05, 4.69) is 5.32 Å². The number of nitrogens with one attached hydrogen (secondary N) is 1. The quantitative estimate of drug-likeness (QED) is 0.480. The lowest BCUT2D eigenvalue weighted by atomic mass is 9.90. The molecule has 1 aliphatic rings. The second-order valence-corrected chi connectivity index (χ2v) is 9.20. The van der Waals surface area contributed by atoms with Gasteiger partial charge >= 0.3 is 6.09 Å². The third-order valence-corrected chi connectivity index (χ3v) is 6.60. The number of benzene rings is 3. The molecule has 1 heterocycles. The molecule has 1 unspecified atom stereocenters.